The molecule has 0 aliphatic carbocycles. The molecule has 0 aliphatic rings. The van der Waals surface area contributed by atoms with E-state index in [0.29, 0.717) is 18.7 Å². The van der Waals surface area contributed by atoms with E-state index in [0.717, 1.165) is 22.0 Å². The van der Waals surface area contributed by atoms with Gasteiger partial charge in [-0.15, -0.1) is 0 Å². The van der Waals surface area contributed by atoms with Gasteiger partial charge in [0.25, 0.3) is 5.91 Å². The molecule has 2 amide bonds. The fourth-order valence-corrected chi connectivity index (χ4v) is 3.45. The molecule has 6 heteroatoms. The molecular weight excluding hydrogens is 454 g/mol. The van der Waals surface area contributed by atoms with Crippen molar-refractivity contribution in [1.29, 1.82) is 0 Å². The third kappa shape index (κ3) is 7.03. The van der Waals surface area contributed by atoms with Crippen molar-refractivity contribution in [2.75, 3.05) is 6.54 Å². The average molecular weight is 480 g/mol. The molecule has 1 N–H and O–H groups in total. The minimum atomic E-state index is -0.186. The van der Waals surface area contributed by atoms with Crippen LogP contribution in [-0.2, 0) is 24.3 Å². The van der Waals surface area contributed by atoms with Gasteiger partial charge in [0, 0.05) is 48.5 Å². The van der Waals surface area contributed by atoms with Crippen LogP contribution in [0.15, 0.2) is 77.5 Å². The molecule has 0 saturated heterocycles. The lowest BCUT2D eigenvalue weighted by Gasteiger charge is -2.23. The van der Waals surface area contributed by atoms with Crippen molar-refractivity contribution in [1.82, 2.24) is 15.2 Å². The second-order valence-corrected chi connectivity index (χ2v) is 8.21. The normalized spacial score (nSPS) is 10.5. The van der Waals surface area contributed by atoms with Crippen molar-refractivity contribution < 1.29 is 9.59 Å². The molecule has 2 aromatic carbocycles. The molecule has 31 heavy (non-hydrogen) atoms. The van der Waals surface area contributed by atoms with Crippen LogP contribution in [0.4, 0.5) is 0 Å². The highest BCUT2D eigenvalue weighted by atomic mass is 79.9. The number of carbonyl (C=O) groups excluding carboxylic acids is 2. The predicted octanol–water partition coefficient (Wildman–Crippen LogP) is 4.76. The molecule has 0 atom stereocenters. The molecule has 0 spiro atoms. The first-order valence-electron chi connectivity index (χ1n) is 10.3. The first kappa shape index (κ1) is 22.7. The van der Waals surface area contributed by atoms with Crippen molar-refractivity contribution in [3.63, 3.8) is 0 Å². The van der Waals surface area contributed by atoms with Crippen LogP contribution in [0.1, 0.15) is 40.4 Å². The molecule has 0 radical (unpaired) electrons. The average Bonchev–Trinajstić information content (AvgIpc) is 2.80. The highest BCUT2D eigenvalue weighted by molar-refractivity contribution is 9.10. The van der Waals surface area contributed by atoms with Gasteiger partial charge in [-0.1, -0.05) is 53.2 Å². The summed E-state index contributed by atoms with van der Waals surface area (Å²) in [5, 5.41) is 2.83. The first-order chi connectivity index (χ1) is 15.0. The van der Waals surface area contributed by atoms with Crippen molar-refractivity contribution in [2.45, 2.75) is 32.9 Å². The fourth-order valence-electron chi connectivity index (χ4n) is 3.19. The molecule has 160 valence electrons. The number of hydrogen-bond acceptors (Lipinski definition) is 3. The number of nitrogens with zero attached hydrogens (tertiary/aromatic N) is 2. The Morgan fingerprint density at radius 2 is 1.61 bits per heavy atom. The van der Waals surface area contributed by atoms with Crippen LogP contribution in [0.2, 0.25) is 0 Å². The highest BCUT2D eigenvalue weighted by Gasteiger charge is 2.15. The Hall–Kier alpha value is -2.99. The third-order valence-corrected chi connectivity index (χ3v) is 5.51. The molecule has 0 saturated carbocycles. The summed E-state index contributed by atoms with van der Waals surface area (Å²) in [6, 6.07) is 19.3. The number of pyridine rings is 1. The number of nitrogens with one attached hydrogen (secondary N) is 1. The zero-order valence-electron chi connectivity index (χ0n) is 17.6. The van der Waals surface area contributed by atoms with Crippen LogP contribution < -0.4 is 5.32 Å². The largest absolute Gasteiger partial charge is 0.352 e. The van der Waals surface area contributed by atoms with E-state index >= 15 is 0 Å². The number of benzene rings is 2. The summed E-state index contributed by atoms with van der Waals surface area (Å²) in [5.74, 6) is -0.200. The Bertz CT molecular complexity index is 990. The van der Waals surface area contributed by atoms with Gasteiger partial charge in [-0.25, -0.2) is 0 Å². The molecule has 0 unspecified atom stereocenters. The van der Waals surface area contributed by atoms with E-state index in [1.165, 1.54) is 5.56 Å². The zero-order valence-corrected chi connectivity index (χ0v) is 19.1. The predicted molar refractivity (Wildman–Crippen MR) is 125 cm³/mol. The molecule has 1 heterocycles. The van der Waals surface area contributed by atoms with Gasteiger partial charge in [0.15, 0.2) is 0 Å². The van der Waals surface area contributed by atoms with Crippen molar-refractivity contribution in [3.05, 3.63) is 99.8 Å². The molecule has 3 rings (SSSR count). The zero-order chi connectivity index (χ0) is 22.1. The lowest BCUT2D eigenvalue weighted by molar-refractivity contribution is -0.132. The topological polar surface area (TPSA) is 62.3 Å². The number of aromatic nitrogens is 1. The standard InChI is InChI=1S/C25H26BrN3O2/c1-2-19-5-7-20(8-6-19)17-29(18-21-4-3-14-27-16-21)24(30)13-15-28-25(31)22-9-11-23(26)12-10-22/h3-12,14,16H,2,13,15,17-18H2,1H3,(H,28,31). The summed E-state index contributed by atoms with van der Waals surface area (Å²) < 4.78 is 0.914. The maximum absolute atomic E-state index is 13.0. The fraction of sp³-hybridized carbons (Fsp3) is 0.240. The molecule has 3 aromatic rings. The number of aryl methyl sites for hydroxylation is 1. The minimum absolute atomic E-state index is 0.0143. The Morgan fingerprint density at radius 1 is 0.935 bits per heavy atom. The number of amides is 2. The molecule has 0 fully saturated rings. The number of carbonyl (C=O) groups is 2. The summed E-state index contributed by atoms with van der Waals surface area (Å²) in [6.45, 7) is 3.39. The van der Waals surface area contributed by atoms with Gasteiger partial charge < -0.3 is 10.2 Å². The number of rotatable bonds is 9. The van der Waals surface area contributed by atoms with Gasteiger partial charge >= 0.3 is 0 Å². The molecule has 0 aliphatic heterocycles. The van der Waals surface area contributed by atoms with E-state index in [2.05, 4.69) is 57.4 Å². The molecule has 0 bridgehead atoms. The van der Waals surface area contributed by atoms with E-state index < -0.39 is 0 Å². The summed E-state index contributed by atoms with van der Waals surface area (Å²) in [4.78, 5) is 31.2. The SMILES string of the molecule is CCc1ccc(CN(Cc2cccnc2)C(=O)CCNC(=O)c2ccc(Br)cc2)cc1. The van der Waals surface area contributed by atoms with E-state index in [9.17, 15) is 9.59 Å². The van der Waals surface area contributed by atoms with E-state index in [1.807, 2.05) is 29.2 Å². The van der Waals surface area contributed by atoms with Gasteiger partial charge in [0.2, 0.25) is 5.91 Å². The first-order valence-corrected chi connectivity index (χ1v) is 11.1. The van der Waals surface area contributed by atoms with Gasteiger partial charge in [0.05, 0.1) is 0 Å². The van der Waals surface area contributed by atoms with Crippen LogP contribution in [0.3, 0.4) is 0 Å². The maximum atomic E-state index is 13.0. The van der Waals surface area contributed by atoms with E-state index in [4.69, 9.17) is 0 Å². The Morgan fingerprint density at radius 3 is 2.26 bits per heavy atom. The van der Waals surface area contributed by atoms with Crippen molar-refractivity contribution in [3.8, 4) is 0 Å². The number of halogens is 1. The van der Waals surface area contributed by atoms with Gasteiger partial charge in [-0.3, -0.25) is 14.6 Å². The summed E-state index contributed by atoms with van der Waals surface area (Å²) in [7, 11) is 0. The Kier molecular flexibility index (Phi) is 8.35. The van der Waals surface area contributed by atoms with E-state index in [-0.39, 0.29) is 24.8 Å². The van der Waals surface area contributed by atoms with Crippen LogP contribution >= 0.6 is 15.9 Å². The van der Waals surface area contributed by atoms with Crippen LogP contribution in [0.5, 0.6) is 0 Å². The smallest absolute Gasteiger partial charge is 0.251 e. The summed E-state index contributed by atoms with van der Waals surface area (Å²) in [5.41, 5.74) is 3.89. The van der Waals surface area contributed by atoms with Crippen LogP contribution in [0, 0.1) is 0 Å². The van der Waals surface area contributed by atoms with Gasteiger partial charge in [-0.2, -0.15) is 0 Å². The summed E-state index contributed by atoms with van der Waals surface area (Å²) in [6.07, 6.45) is 4.71. The van der Waals surface area contributed by atoms with Crippen LogP contribution in [0.25, 0.3) is 0 Å². The quantitative estimate of drug-likeness (QED) is 0.481. The van der Waals surface area contributed by atoms with Gasteiger partial charge in [-0.05, 0) is 53.4 Å². The lowest BCUT2D eigenvalue weighted by Crippen LogP contribution is -2.34. The molecular formula is C25H26BrN3O2. The van der Waals surface area contributed by atoms with Crippen molar-refractivity contribution in [2.24, 2.45) is 0 Å². The maximum Gasteiger partial charge on any atom is 0.251 e. The van der Waals surface area contributed by atoms with Gasteiger partial charge in [0.1, 0.15) is 0 Å². The second-order valence-electron chi connectivity index (χ2n) is 7.29. The highest BCUT2D eigenvalue weighted by Crippen LogP contribution is 2.13. The second kappa shape index (κ2) is 11.4. The summed E-state index contributed by atoms with van der Waals surface area (Å²) >= 11 is 3.36. The monoisotopic (exact) mass is 479 g/mol. The Balaban J connectivity index is 1.61. The molecule has 1 aromatic heterocycles. The van der Waals surface area contributed by atoms with Crippen molar-refractivity contribution >= 4 is 27.7 Å². The lowest BCUT2D eigenvalue weighted by atomic mass is 10.1. The third-order valence-electron chi connectivity index (χ3n) is 4.98. The van der Waals surface area contributed by atoms with E-state index in [1.54, 1.807) is 24.5 Å². The van der Waals surface area contributed by atoms with Crippen LogP contribution in [-0.4, -0.2) is 28.2 Å². The number of hydrogen-bond donors (Lipinski definition) is 1. The Labute approximate surface area is 191 Å². The minimum Gasteiger partial charge on any atom is -0.352 e. The molecule has 5 nitrogen and oxygen atoms in total.